The Morgan fingerprint density at radius 2 is 1.68 bits per heavy atom. The predicted octanol–water partition coefficient (Wildman–Crippen LogP) is 4.47. The number of hydrogen-bond donors (Lipinski definition) is 2. The summed E-state index contributed by atoms with van der Waals surface area (Å²) in [6, 6.07) is 15.1. The molecule has 0 radical (unpaired) electrons. The van der Waals surface area contributed by atoms with Crippen molar-refractivity contribution in [1.29, 1.82) is 5.26 Å². The minimum absolute atomic E-state index is 0.248. The van der Waals surface area contributed by atoms with Gasteiger partial charge in [-0.3, -0.25) is 4.79 Å². The molecule has 3 aromatic rings. The number of para-hydroxylation sites is 1. The van der Waals surface area contributed by atoms with Crippen LogP contribution in [0.25, 0.3) is 0 Å². The fourth-order valence-electron chi connectivity index (χ4n) is 2.87. The molecule has 0 unspecified atom stereocenters. The monoisotopic (exact) mass is 371 g/mol. The lowest BCUT2D eigenvalue weighted by molar-refractivity contribution is 0.102. The van der Waals surface area contributed by atoms with Crippen molar-refractivity contribution in [3.63, 3.8) is 0 Å². The van der Waals surface area contributed by atoms with E-state index in [9.17, 15) is 4.79 Å². The number of anilines is 3. The Kier molecular flexibility index (Phi) is 5.97. The fraction of sp³-hybridized carbons (Fsp3) is 0.182. The van der Waals surface area contributed by atoms with E-state index in [1.807, 2.05) is 18.2 Å². The lowest BCUT2D eigenvalue weighted by Gasteiger charge is -2.14. The van der Waals surface area contributed by atoms with E-state index in [2.05, 4.69) is 40.5 Å². The summed E-state index contributed by atoms with van der Waals surface area (Å²) in [4.78, 5) is 21.1. The maximum atomic E-state index is 12.6. The highest BCUT2D eigenvalue weighted by atomic mass is 16.1. The van der Waals surface area contributed by atoms with Crippen LogP contribution in [0.4, 0.5) is 17.2 Å². The van der Waals surface area contributed by atoms with E-state index < -0.39 is 0 Å². The molecule has 0 atom stereocenters. The van der Waals surface area contributed by atoms with Gasteiger partial charge in [-0.15, -0.1) is 0 Å². The first-order valence-corrected chi connectivity index (χ1v) is 9.16. The molecule has 140 valence electrons. The average molecular weight is 371 g/mol. The van der Waals surface area contributed by atoms with Crippen LogP contribution in [0, 0.1) is 11.3 Å². The van der Waals surface area contributed by atoms with E-state index in [1.54, 1.807) is 24.3 Å². The van der Waals surface area contributed by atoms with Crippen molar-refractivity contribution in [1.82, 2.24) is 9.97 Å². The van der Waals surface area contributed by atoms with Crippen LogP contribution in [0.15, 0.2) is 54.9 Å². The van der Waals surface area contributed by atoms with Gasteiger partial charge in [0.15, 0.2) is 0 Å². The number of hydrogen-bond acceptors (Lipinski definition) is 5. The van der Waals surface area contributed by atoms with Crippen molar-refractivity contribution in [2.45, 2.75) is 26.7 Å². The number of nitrogens with zero attached hydrogens (tertiary/aromatic N) is 3. The molecule has 0 aliphatic rings. The Hall–Kier alpha value is -3.72. The normalized spacial score (nSPS) is 10.2. The van der Waals surface area contributed by atoms with Crippen LogP contribution < -0.4 is 10.6 Å². The summed E-state index contributed by atoms with van der Waals surface area (Å²) in [5.74, 6) is 0.234. The van der Waals surface area contributed by atoms with Crippen LogP contribution in [0.3, 0.4) is 0 Å². The van der Waals surface area contributed by atoms with Gasteiger partial charge in [-0.05, 0) is 48.2 Å². The topological polar surface area (TPSA) is 90.7 Å². The van der Waals surface area contributed by atoms with Gasteiger partial charge in [-0.25, -0.2) is 9.97 Å². The van der Waals surface area contributed by atoms with Gasteiger partial charge in [0.2, 0.25) is 0 Å². The number of nitriles is 1. The first-order chi connectivity index (χ1) is 13.6. The number of carbonyl (C=O) groups excluding carboxylic acids is 1. The fourth-order valence-corrected chi connectivity index (χ4v) is 2.87. The van der Waals surface area contributed by atoms with Gasteiger partial charge < -0.3 is 10.6 Å². The van der Waals surface area contributed by atoms with Gasteiger partial charge in [0.1, 0.15) is 11.5 Å². The van der Waals surface area contributed by atoms with Crippen LogP contribution in [0.5, 0.6) is 0 Å². The third-order valence-electron chi connectivity index (χ3n) is 4.41. The predicted molar refractivity (Wildman–Crippen MR) is 110 cm³/mol. The van der Waals surface area contributed by atoms with E-state index in [-0.39, 0.29) is 11.6 Å². The van der Waals surface area contributed by atoms with Crippen molar-refractivity contribution in [3.8, 4) is 6.07 Å². The summed E-state index contributed by atoms with van der Waals surface area (Å²) in [5.41, 5.74) is 4.68. The lowest BCUT2D eigenvalue weighted by atomic mass is 10.0. The highest BCUT2D eigenvalue weighted by Crippen LogP contribution is 2.23. The van der Waals surface area contributed by atoms with Crippen molar-refractivity contribution in [3.05, 3.63) is 77.2 Å². The molecule has 0 bridgehead atoms. The van der Waals surface area contributed by atoms with Gasteiger partial charge in [0.05, 0.1) is 24.0 Å². The quantitative estimate of drug-likeness (QED) is 0.667. The summed E-state index contributed by atoms with van der Waals surface area (Å²) in [5, 5.41) is 14.9. The molecule has 6 heteroatoms. The zero-order valence-corrected chi connectivity index (χ0v) is 15.9. The third-order valence-corrected chi connectivity index (χ3v) is 4.41. The summed E-state index contributed by atoms with van der Waals surface area (Å²) in [7, 11) is 0. The van der Waals surface area contributed by atoms with Crippen LogP contribution in [-0.4, -0.2) is 15.9 Å². The Morgan fingerprint density at radius 3 is 2.21 bits per heavy atom. The van der Waals surface area contributed by atoms with Crippen LogP contribution in [-0.2, 0) is 12.8 Å². The smallest absolute Gasteiger partial charge is 0.275 e. The van der Waals surface area contributed by atoms with Crippen molar-refractivity contribution >= 4 is 23.1 Å². The minimum Gasteiger partial charge on any atom is -0.339 e. The Morgan fingerprint density at radius 1 is 1.00 bits per heavy atom. The molecule has 0 saturated heterocycles. The maximum Gasteiger partial charge on any atom is 0.275 e. The van der Waals surface area contributed by atoms with E-state index in [1.165, 1.54) is 12.4 Å². The highest BCUT2D eigenvalue weighted by molar-refractivity contribution is 6.03. The van der Waals surface area contributed by atoms with Crippen molar-refractivity contribution < 1.29 is 4.79 Å². The third kappa shape index (κ3) is 4.33. The minimum atomic E-state index is -0.284. The van der Waals surface area contributed by atoms with E-state index >= 15 is 0 Å². The van der Waals surface area contributed by atoms with Crippen molar-refractivity contribution in [2.24, 2.45) is 0 Å². The number of nitrogens with one attached hydrogen (secondary N) is 2. The summed E-state index contributed by atoms with van der Waals surface area (Å²) >= 11 is 0. The highest BCUT2D eigenvalue weighted by Gasteiger charge is 2.13. The number of aromatic nitrogens is 2. The van der Waals surface area contributed by atoms with Gasteiger partial charge in [-0.2, -0.15) is 5.26 Å². The first kappa shape index (κ1) is 19.1. The number of benzene rings is 2. The molecule has 0 fully saturated rings. The number of aryl methyl sites for hydroxylation is 2. The molecule has 2 N–H and O–H groups in total. The maximum absolute atomic E-state index is 12.6. The molecule has 1 heterocycles. The van der Waals surface area contributed by atoms with E-state index in [0.717, 1.165) is 35.3 Å². The first-order valence-electron chi connectivity index (χ1n) is 9.16. The lowest BCUT2D eigenvalue weighted by Crippen LogP contribution is -2.16. The summed E-state index contributed by atoms with van der Waals surface area (Å²) in [6.45, 7) is 4.13. The van der Waals surface area contributed by atoms with Crippen LogP contribution in [0.2, 0.25) is 0 Å². The average Bonchev–Trinajstić information content (AvgIpc) is 2.75. The Balaban J connectivity index is 1.73. The molecule has 0 aliphatic carbocycles. The zero-order chi connectivity index (χ0) is 19.9. The molecule has 1 aromatic heterocycles. The summed E-state index contributed by atoms with van der Waals surface area (Å²) < 4.78 is 0. The van der Waals surface area contributed by atoms with Gasteiger partial charge in [0.25, 0.3) is 5.91 Å². The second kappa shape index (κ2) is 8.78. The number of rotatable bonds is 6. The molecule has 0 spiro atoms. The largest absolute Gasteiger partial charge is 0.339 e. The zero-order valence-electron chi connectivity index (χ0n) is 15.9. The second-order valence-corrected chi connectivity index (χ2v) is 6.21. The molecule has 0 aliphatic heterocycles. The van der Waals surface area contributed by atoms with Crippen molar-refractivity contribution in [2.75, 3.05) is 10.6 Å². The van der Waals surface area contributed by atoms with Gasteiger partial charge in [-0.1, -0.05) is 32.0 Å². The van der Waals surface area contributed by atoms with E-state index in [0.29, 0.717) is 11.4 Å². The molecular formula is C22H21N5O. The van der Waals surface area contributed by atoms with E-state index in [4.69, 9.17) is 5.26 Å². The molecule has 1 amide bonds. The van der Waals surface area contributed by atoms with Crippen LogP contribution in [0.1, 0.15) is 41.0 Å². The Labute approximate surface area is 164 Å². The van der Waals surface area contributed by atoms with Gasteiger partial charge in [0, 0.05) is 11.4 Å². The van der Waals surface area contributed by atoms with Crippen LogP contribution >= 0.6 is 0 Å². The molecule has 6 nitrogen and oxygen atoms in total. The molecule has 0 saturated carbocycles. The Bertz CT molecular complexity index is 982. The van der Waals surface area contributed by atoms with Gasteiger partial charge >= 0.3 is 0 Å². The standard InChI is InChI=1S/C22H21N5O/c1-3-16-6-5-7-17(4-2)21(16)27-22(28)19-13-25-20(14-24-19)26-18-10-8-15(12-23)9-11-18/h5-11,13-14H,3-4H2,1-2H3,(H,25,26)(H,27,28). The second-order valence-electron chi connectivity index (χ2n) is 6.21. The number of carbonyl (C=O) groups is 1. The number of amides is 1. The SMILES string of the molecule is CCc1cccc(CC)c1NC(=O)c1cnc(Nc2ccc(C#N)cc2)cn1. The molecular weight excluding hydrogens is 350 g/mol. The molecule has 2 aromatic carbocycles. The molecule has 28 heavy (non-hydrogen) atoms. The molecule has 3 rings (SSSR count). The summed E-state index contributed by atoms with van der Waals surface area (Å²) in [6.07, 6.45) is 4.63.